The summed E-state index contributed by atoms with van der Waals surface area (Å²) < 4.78 is 0. The second-order valence-electron chi connectivity index (χ2n) is 4.60. The molecule has 0 aliphatic rings. The lowest BCUT2D eigenvalue weighted by molar-refractivity contribution is -0.308. The van der Waals surface area contributed by atoms with Crippen LogP contribution in [0.15, 0.2) is 54.6 Å². The highest BCUT2D eigenvalue weighted by atomic mass is 16.4. The molecule has 102 valence electrons. The van der Waals surface area contributed by atoms with Crippen LogP contribution in [-0.4, -0.2) is 11.8 Å². The van der Waals surface area contributed by atoms with E-state index >= 15 is 0 Å². The molecule has 0 N–H and O–H groups in total. The fourth-order valence-electron chi connectivity index (χ4n) is 2.16. The van der Waals surface area contributed by atoms with Gasteiger partial charge in [0.2, 0.25) is 0 Å². The van der Waals surface area contributed by atoms with Gasteiger partial charge in [-0.3, -0.25) is 4.79 Å². The van der Waals surface area contributed by atoms with Crippen molar-refractivity contribution in [3.63, 3.8) is 0 Å². The van der Waals surface area contributed by atoms with E-state index < -0.39 is 11.9 Å². The molecule has 0 saturated heterocycles. The molecule has 2 aromatic rings. The molecule has 0 spiro atoms. The summed E-state index contributed by atoms with van der Waals surface area (Å²) in [5, 5.41) is 11.0. The van der Waals surface area contributed by atoms with Crippen LogP contribution in [0.3, 0.4) is 0 Å². The van der Waals surface area contributed by atoms with E-state index in [1.807, 2.05) is 18.2 Å². The molecule has 0 bridgehead atoms. The van der Waals surface area contributed by atoms with Gasteiger partial charge in [-0.05, 0) is 12.0 Å². The van der Waals surface area contributed by atoms with Gasteiger partial charge in [0, 0.05) is 23.0 Å². The zero-order valence-corrected chi connectivity index (χ0v) is 11.2. The first-order valence-corrected chi connectivity index (χ1v) is 6.54. The van der Waals surface area contributed by atoms with Gasteiger partial charge in [-0.1, -0.05) is 61.5 Å². The van der Waals surface area contributed by atoms with Gasteiger partial charge in [0.15, 0.2) is 5.78 Å². The van der Waals surface area contributed by atoms with E-state index in [9.17, 15) is 14.7 Å². The van der Waals surface area contributed by atoms with Crippen LogP contribution in [0.25, 0.3) is 0 Å². The Labute approximate surface area is 117 Å². The number of carboxylic acid groups (broad SMARTS) is 1. The zero-order chi connectivity index (χ0) is 14.5. The molecule has 1 atom stereocenters. The second kappa shape index (κ2) is 6.15. The van der Waals surface area contributed by atoms with Gasteiger partial charge in [-0.25, -0.2) is 0 Å². The summed E-state index contributed by atoms with van der Waals surface area (Å²) in [6, 6.07) is 15.7. The average Bonchev–Trinajstić information content (AvgIpc) is 2.48. The summed E-state index contributed by atoms with van der Waals surface area (Å²) in [7, 11) is 0. The van der Waals surface area contributed by atoms with Gasteiger partial charge in [0.25, 0.3) is 0 Å². The SMILES string of the molecule is CCC(C(=O)[O-])c1ccc(C(=O)c2ccccc2)cc1. The standard InChI is InChI=1S/C17H16O3/c1-2-15(17(19)20)12-8-10-14(11-9-12)16(18)13-6-4-3-5-7-13/h3-11,15H,2H2,1H3,(H,19,20)/p-1. The van der Waals surface area contributed by atoms with Crippen molar-refractivity contribution in [3.05, 3.63) is 71.3 Å². The van der Waals surface area contributed by atoms with Crippen molar-refractivity contribution >= 4 is 11.8 Å². The van der Waals surface area contributed by atoms with Crippen molar-refractivity contribution in [1.29, 1.82) is 0 Å². The van der Waals surface area contributed by atoms with Crippen LogP contribution in [0.1, 0.15) is 40.7 Å². The monoisotopic (exact) mass is 267 g/mol. The highest BCUT2D eigenvalue weighted by Gasteiger charge is 2.12. The summed E-state index contributed by atoms with van der Waals surface area (Å²) >= 11 is 0. The molecule has 0 aliphatic carbocycles. The van der Waals surface area contributed by atoms with Crippen molar-refractivity contribution in [2.24, 2.45) is 0 Å². The van der Waals surface area contributed by atoms with E-state index in [4.69, 9.17) is 0 Å². The van der Waals surface area contributed by atoms with Gasteiger partial charge in [0.05, 0.1) is 0 Å². The van der Waals surface area contributed by atoms with Gasteiger partial charge < -0.3 is 9.90 Å². The third kappa shape index (κ3) is 2.94. The van der Waals surface area contributed by atoms with Crippen LogP contribution >= 0.6 is 0 Å². The summed E-state index contributed by atoms with van der Waals surface area (Å²) in [5.41, 5.74) is 1.83. The first-order chi connectivity index (χ1) is 9.63. The molecule has 2 aromatic carbocycles. The molecule has 0 radical (unpaired) electrons. The molecule has 3 heteroatoms. The maximum atomic E-state index is 12.2. The number of rotatable bonds is 5. The maximum absolute atomic E-state index is 12.2. The van der Waals surface area contributed by atoms with Gasteiger partial charge in [-0.15, -0.1) is 0 Å². The third-order valence-corrected chi connectivity index (χ3v) is 3.30. The molecule has 3 nitrogen and oxygen atoms in total. The third-order valence-electron chi connectivity index (χ3n) is 3.30. The van der Waals surface area contributed by atoms with Crippen LogP contribution < -0.4 is 5.11 Å². The van der Waals surface area contributed by atoms with Crippen molar-refractivity contribution in [3.8, 4) is 0 Å². The molecule has 1 unspecified atom stereocenters. The average molecular weight is 267 g/mol. The van der Waals surface area contributed by atoms with E-state index in [-0.39, 0.29) is 5.78 Å². The molecule has 0 fully saturated rings. The predicted octanol–water partition coefficient (Wildman–Crippen LogP) is 2.16. The molecular formula is C17H15O3-. The maximum Gasteiger partial charge on any atom is 0.193 e. The normalized spacial score (nSPS) is 11.8. The van der Waals surface area contributed by atoms with Crippen molar-refractivity contribution < 1.29 is 14.7 Å². The Bertz CT molecular complexity index is 600. The Hall–Kier alpha value is -2.42. The Balaban J connectivity index is 2.24. The minimum absolute atomic E-state index is 0.0707. The van der Waals surface area contributed by atoms with Crippen molar-refractivity contribution in [1.82, 2.24) is 0 Å². The van der Waals surface area contributed by atoms with Crippen LogP contribution in [0, 0.1) is 0 Å². The van der Waals surface area contributed by atoms with Gasteiger partial charge in [-0.2, -0.15) is 0 Å². The second-order valence-corrected chi connectivity index (χ2v) is 4.60. The molecule has 0 amide bonds. The number of ketones is 1. The Morgan fingerprint density at radius 1 is 0.950 bits per heavy atom. The lowest BCUT2D eigenvalue weighted by Crippen LogP contribution is -2.29. The Kier molecular flexibility index (Phi) is 4.31. The topological polar surface area (TPSA) is 57.2 Å². The van der Waals surface area contributed by atoms with Crippen LogP contribution in [0.5, 0.6) is 0 Å². The first-order valence-electron chi connectivity index (χ1n) is 6.54. The lowest BCUT2D eigenvalue weighted by atomic mass is 9.94. The Morgan fingerprint density at radius 3 is 2.00 bits per heavy atom. The molecule has 0 aliphatic heterocycles. The van der Waals surface area contributed by atoms with Crippen LogP contribution in [-0.2, 0) is 4.79 Å². The van der Waals surface area contributed by atoms with Gasteiger partial charge >= 0.3 is 0 Å². The van der Waals surface area contributed by atoms with Crippen LogP contribution in [0.4, 0.5) is 0 Å². The highest BCUT2D eigenvalue weighted by Crippen LogP contribution is 2.20. The number of carboxylic acids is 1. The van der Waals surface area contributed by atoms with Crippen molar-refractivity contribution in [2.45, 2.75) is 19.3 Å². The van der Waals surface area contributed by atoms with Crippen LogP contribution in [0.2, 0.25) is 0 Å². The molecular weight excluding hydrogens is 252 g/mol. The zero-order valence-electron chi connectivity index (χ0n) is 11.2. The molecule has 20 heavy (non-hydrogen) atoms. The van der Waals surface area contributed by atoms with E-state index in [2.05, 4.69) is 0 Å². The van der Waals surface area contributed by atoms with E-state index in [1.54, 1.807) is 43.3 Å². The number of aliphatic carboxylic acids is 1. The predicted molar refractivity (Wildman–Crippen MR) is 74.4 cm³/mol. The fourth-order valence-corrected chi connectivity index (χ4v) is 2.16. The molecule has 2 rings (SSSR count). The largest absolute Gasteiger partial charge is 0.549 e. The van der Waals surface area contributed by atoms with E-state index in [1.165, 1.54) is 0 Å². The molecule has 0 heterocycles. The molecule has 0 aromatic heterocycles. The number of hydrogen-bond donors (Lipinski definition) is 0. The quantitative estimate of drug-likeness (QED) is 0.780. The minimum Gasteiger partial charge on any atom is -0.549 e. The van der Waals surface area contributed by atoms with Gasteiger partial charge in [0.1, 0.15) is 0 Å². The number of benzene rings is 2. The number of carbonyl (C=O) groups excluding carboxylic acids is 2. The first kappa shape index (κ1) is 14.0. The smallest absolute Gasteiger partial charge is 0.193 e. The highest BCUT2D eigenvalue weighted by molar-refractivity contribution is 6.08. The lowest BCUT2D eigenvalue weighted by Gasteiger charge is -2.16. The van der Waals surface area contributed by atoms with E-state index in [0.29, 0.717) is 23.1 Å². The minimum atomic E-state index is -1.09. The van der Waals surface area contributed by atoms with Crippen molar-refractivity contribution in [2.75, 3.05) is 0 Å². The summed E-state index contributed by atoms with van der Waals surface area (Å²) in [6.07, 6.45) is 0.467. The number of carbonyl (C=O) groups is 2. The molecule has 0 saturated carbocycles. The fraction of sp³-hybridized carbons (Fsp3) is 0.176. The Morgan fingerprint density at radius 2 is 1.50 bits per heavy atom. The van der Waals surface area contributed by atoms with E-state index in [0.717, 1.165) is 0 Å². The summed E-state index contributed by atoms with van der Waals surface area (Å²) in [5.74, 6) is -1.79. The summed E-state index contributed by atoms with van der Waals surface area (Å²) in [6.45, 7) is 1.80. The number of hydrogen-bond acceptors (Lipinski definition) is 3. The summed E-state index contributed by atoms with van der Waals surface area (Å²) in [4.78, 5) is 23.2.